The van der Waals surface area contributed by atoms with Gasteiger partial charge in [-0.3, -0.25) is 9.59 Å². The lowest BCUT2D eigenvalue weighted by molar-refractivity contribution is -0.137. The number of carbonyl (C=O) groups is 2. The van der Waals surface area contributed by atoms with Crippen molar-refractivity contribution in [1.29, 1.82) is 0 Å². The highest BCUT2D eigenvalue weighted by Gasteiger charge is 2.30. The molecule has 1 aliphatic heterocycles. The highest BCUT2D eigenvalue weighted by molar-refractivity contribution is 6.33. The minimum atomic E-state index is -4.43. The Hall–Kier alpha value is -3.52. The zero-order valence-electron chi connectivity index (χ0n) is 17.2. The Balaban J connectivity index is 1.55. The van der Waals surface area contributed by atoms with Gasteiger partial charge in [-0.25, -0.2) is 0 Å². The van der Waals surface area contributed by atoms with Crippen molar-refractivity contribution >= 4 is 34.8 Å². The van der Waals surface area contributed by atoms with Gasteiger partial charge in [-0.1, -0.05) is 41.9 Å². The van der Waals surface area contributed by atoms with E-state index in [0.29, 0.717) is 46.2 Å². The van der Waals surface area contributed by atoms with Crippen LogP contribution in [0.3, 0.4) is 0 Å². The van der Waals surface area contributed by atoms with E-state index in [9.17, 15) is 22.8 Å². The van der Waals surface area contributed by atoms with Gasteiger partial charge >= 0.3 is 6.18 Å². The number of nitrogens with zero attached hydrogens (tertiary/aromatic N) is 1. The molecule has 0 bridgehead atoms. The first-order valence-corrected chi connectivity index (χ1v) is 10.5. The molecule has 3 aromatic rings. The number of nitrogens with one attached hydrogen (secondary N) is 2. The molecule has 1 aliphatic rings. The Bertz CT molecular complexity index is 1200. The molecule has 1 heterocycles. The van der Waals surface area contributed by atoms with Gasteiger partial charge in [-0.05, 0) is 47.5 Å². The maximum absolute atomic E-state index is 13.0. The second-order valence-electron chi connectivity index (χ2n) is 7.51. The topological polar surface area (TPSA) is 61.4 Å². The molecular weight excluding hydrogens is 455 g/mol. The number of benzene rings is 3. The molecule has 0 atom stereocenters. The van der Waals surface area contributed by atoms with Crippen molar-refractivity contribution in [3.8, 4) is 11.1 Å². The molecule has 2 amide bonds. The van der Waals surface area contributed by atoms with Gasteiger partial charge in [0.15, 0.2) is 0 Å². The quantitative estimate of drug-likeness (QED) is 0.546. The van der Waals surface area contributed by atoms with Crippen LogP contribution in [0.2, 0.25) is 5.02 Å². The third-order valence-electron chi connectivity index (χ3n) is 5.28. The maximum atomic E-state index is 13.0. The van der Waals surface area contributed by atoms with E-state index in [1.807, 2.05) is 4.90 Å². The van der Waals surface area contributed by atoms with Gasteiger partial charge in [0.25, 0.3) is 5.91 Å². The van der Waals surface area contributed by atoms with E-state index in [1.165, 1.54) is 12.1 Å². The normalized spacial score (nSPS) is 14.1. The summed E-state index contributed by atoms with van der Waals surface area (Å²) in [5.41, 5.74) is 1.70. The lowest BCUT2D eigenvalue weighted by Gasteiger charge is -2.29. The molecule has 3 aromatic carbocycles. The van der Waals surface area contributed by atoms with Gasteiger partial charge in [0, 0.05) is 24.3 Å². The first-order valence-electron chi connectivity index (χ1n) is 10.1. The number of alkyl halides is 3. The van der Waals surface area contributed by atoms with Gasteiger partial charge < -0.3 is 15.5 Å². The van der Waals surface area contributed by atoms with Crippen LogP contribution >= 0.6 is 11.6 Å². The van der Waals surface area contributed by atoms with Crippen molar-refractivity contribution in [1.82, 2.24) is 5.32 Å². The summed E-state index contributed by atoms with van der Waals surface area (Å²) in [7, 11) is 0. The van der Waals surface area contributed by atoms with Crippen LogP contribution in [0.4, 0.5) is 24.5 Å². The van der Waals surface area contributed by atoms with E-state index in [-0.39, 0.29) is 12.5 Å². The summed E-state index contributed by atoms with van der Waals surface area (Å²) in [4.78, 5) is 26.5. The summed E-state index contributed by atoms with van der Waals surface area (Å²) in [5, 5.41) is 5.92. The molecule has 0 unspecified atom stereocenters. The lowest BCUT2D eigenvalue weighted by Crippen LogP contribution is -2.47. The first kappa shape index (κ1) is 22.7. The molecule has 0 saturated carbocycles. The molecular formula is C24H19ClF3N3O2. The minimum absolute atomic E-state index is 0.0884. The fraction of sp³-hybridized carbons (Fsp3) is 0.167. The Morgan fingerprint density at radius 2 is 1.76 bits per heavy atom. The number of hydrogen-bond acceptors (Lipinski definition) is 3. The first-order chi connectivity index (χ1) is 15.7. The Morgan fingerprint density at radius 1 is 1.03 bits per heavy atom. The predicted octanol–water partition coefficient (Wildman–Crippen LogP) is 5.21. The third-order valence-corrected chi connectivity index (χ3v) is 5.58. The Morgan fingerprint density at radius 3 is 2.42 bits per heavy atom. The number of piperazine rings is 1. The molecule has 0 radical (unpaired) electrons. The molecule has 2 N–H and O–H groups in total. The molecule has 1 saturated heterocycles. The van der Waals surface area contributed by atoms with Crippen molar-refractivity contribution < 1.29 is 22.8 Å². The highest BCUT2D eigenvalue weighted by atomic mass is 35.5. The summed E-state index contributed by atoms with van der Waals surface area (Å²) in [6.07, 6.45) is -4.43. The highest BCUT2D eigenvalue weighted by Crippen LogP contribution is 2.33. The standard InChI is InChI=1S/C24H19ClF3N3O2/c25-20-13-17(9-10-21(20)31-12-11-29-22(32)14-31)30-23(33)19-4-2-1-3-18(19)15-5-7-16(8-6-15)24(26,27)28/h1-10,13H,11-12,14H2,(H,29,32)(H,30,33). The van der Waals surface area contributed by atoms with Crippen LogP contribution in [-0.2, 0) is 11.0 Å². The summed E-state index contributed by atoms with van der Waals surface area (Å²) >= 11 is 6.40. The Kier molecular flexibility index (Phi) is 6.29. The third kappa shape index (κ3) is 5.12. The Labute approximate surface area is 193 Å². The molecule has 4 rings (SSSR count). The predicted molar refractivity (Wildman–Crippen MR) is 122 cm³/mol. The fourth-order valence-corrected chi connectivity index (χ4v) is 3.96. The van der Waals surface area contributed by atoms with Gasteiger partial charge in [-0.15, -0.1) is 0 Å². The van der Waals surface area contributed by atoms with Gasteiger partial charge in [0.05, 0.1) is 22.8 Å². The van der Waals surface area contributed by atoms with Crippen molar-refractivity contribution in [3.05, 3.63) is 82.9 Å². The zero-order chi connectivity index (χ0) is 23.6. The molecule has 33 heavy (non-hydrogen) atoms. The van der Waals surface area contributed by atoms with Crippen molar-refractivity contribution in [2.45, 2.75) is 6.18 Å². The number of halogens is 4. The van der Waals surface area contributed by atoms with Gasteiger partial charge in [-0.2, -0.15) is 13.2 Å². The van der Waals surface area contributed by atoms with Crippen LogP contribution in [-0.4, -0.2) is 31.4 Å². The molecule has 1 fully saturated rings. The molecule has 0 spiro atoms. The van der Waals surface area contributed by atoms with E-state index in [4.69, 9.17) is 11.6 Å². The van der Waals surface area contributed by atoms with Crippen LogP contribution in [0.15, 0.2) is 66.7 Å². The summed E-state index contributed by atoms with van der Waals surface area (Å²) in [6.45, 7) is 1.35. The number of rotatable bonds is 4. The van der Waals surface area contributed by atoms with Crippen LogP contribution in [0, 0.1) is 0 Å². The minimum Gasteiger partial charge on any atom is -0.359 e. The van der Waals surface area contributed by atoms with E-state index < -0.39 is 17.6 Å². The number of carbonyl (C=O) groups excluding carboxylic acids is 2. The average Bonchev–Trinajstić information content (AvgIpc) is 2.78. The largest absolute Gasteiger partial charge is 0.416 e. The van der Waals surface area contributed by atoms with Gasteiger partial charge in [0.1, 0.15) is 0 Å². The van der Waals surface area contributed by atoms with Crippen LogP contribution in [0.1, 0.15) is 15.9 Å². The molecule has 170 valence electrons. The van der Waals surface area contributed by atoms with Crippen LogP contribution < -0.4 is 15.5 Å². The van der Waals surface area contributed by atoms with E-state index in [0.717, 1.165) is 12.1 Å². The van der Waals surface area contributed by atoms with Crippen molar-refractivity contribution in [3.63, 3.8) is 0 Å². The molecule has 0 aromatic heterocycles. The van der Waals surface area contributed by atoms with Crippen molar-refractivity contribution in [2.75, 3.05) is 29.9 Å². The number of hydrogen-bond donors (Lipinski definition) is 2. The zero-order valence-corrected chi connectivity index (χ0v) is 18.0. The second-order valence-corrected chi connectivity index (χ2v) is 7.92. The fourth-order valence-electron chi connectivity index (χ4n) is 3.66. The van der Waals surface area contributed by atoms with E-state index >= 15 is 0 Å². The molecule has 9 heteroatoms. The molecule has 0 aliphatic carbocycles. The summed E-state index contributed by atoms with van der Waals surface area (Å²) < 4.78 is 38.6. The smallest absolute Gasteiger partial charge is 0.359 e. The van der Waals surface area contributed by atoms with Crippen molar-refractivity contribution in [2.24, 2.45) is 0 Å². The van der Waals surface area contributed by atoms with Crippen LogP contribution in [0.5, 0.6) is 0 Å². The SMILES string of the molecule is O=C1CN(c2ccc(NC(=O)c3ccccc3-c3ccc(C(F)(F)F)cc3)cc2Cl)CCN1. The summed E-state index contributed by atoms with van der Waals surface area (Å²) in [5.74, 6) is -0.513. The monoisotopic (exact) mass is 473 g/mol. The summed E-state index contributed by atoms with van der Waals surface area (Å²) in [6, 6.07) is 16.4. The maximum Gasteiger partial charge on any atom is 0.416 e. The average molecular weight is 474 g/mol. The molecule has 5 nitrogen and oxygen atoms in total. The number of amides is 2. The van der Waals surface area contributed by atoms with E-state index in [2.05, 4.69) is 10.6 Å². The van der Waals surface area contributed by atoms with Crippen LogP contribution in [0.25, 0.3) is 11.1 Å². The van der Waals surface area contributed by atoms with Gasteiger partial charge in [0.2, 0.25) is 5.91 Å². The second kappa shape index (κ2) is 9.15. The lowest BCUT2D eigenvalue weighted by atomic mass is 9.98. The van der Waals surface area contributed by atoms with E-state index in [1.54, 1.807) is 42.5 Å². The number of anilines is 2.